The van der Waals surface area contributed by atoms with Crippen molar-refractivity contribution in [1.82, 2.24) is 10.3 Å². The fourth-order valence-corrected chi connectivity index (χ4v) is 3.78. The number of aryl methyl sites for hydroxylation is 1. The molecule has 5 nitrogen and oxygen atoms in total. The minimum Gasteiger partial charge on any atom is -0.497 e. The van der Waals surface area contributed by atoms with Crippen LogP contribution in [0.2, 0.25) is 0 Å². The lowest BCUT2D eigenvalue weighted by atomic mass is 10.2. The number of carbonyl (C=O) groups excluding carboxylic acids is 1. The lowest BCUT2D eigenvalue weighted by molar-refractivity contribution is -0.120. The predicted octanol–water partition coefficient (Wildman–Crippen LogP) is 3.99. The number of methoxy groups -OCH3 is 2. The van der Waals surface area contributed by atoms with Crippen LogP contribution in [0.25, 0.3) is 10.6 Å². The summed E-state index contributed by atoms with van der Waals surface area (Å²) in [7, 11) is 3.27. The molecular formula is C21H22N2O3S. The van der Waals surface area contributed by atoms with E-state index in [-0.39, 0.29) is 5.91 Å². The Morgan fingerprint density at radius 2 is 1.93 bits per heavy atom. The molecule has 27 heavy (non-hydrogen) atoms. The molecule has 1 N–H and O–H groups in total. The molecule has 1 heterocycles. The number of hydrogen-bond acceptors (Lipinski definition) is 5. The van der Waals surface area contributed by atoms with Gasteiger partial charge in [0.2, 0.25) is 5.91 Å². The predicted molar refractivity (Wildman–Crippen MR) is 107 cm³/mol. The summed E-state index contributed by atoms with van der Waals surface area (Å²) in [5.41, 5.74) is 2.82. The highest BCUT2D eigenvalue weighted by Crippen LogP contribution is 2.30. The molecule has 6 heteroatoms. The SMILES string of the molecule is COc1cccc(-c2nc(C)c(CC(=O)NCc3ccccc3OC)s2)c1. The van der Waals surface area contributed by atoms with Gasteiger partial charge in [-0.15, -0.1) is 11.3 Å². The number of rotatable bonds is 7. The molecule has 0 saturated carbocycles. The first-order valence-corrected chi connectivity index (χ1v) is 9.41. The zero-order valence-electron chi connectivity index (χ0n) is 15.6. The molecule has 1 aromatic heterocycles. The maximum atomic E-state index is 12.4. The van der Waals surface area contributed by atoms with Gasteiger partial charge < -0.3 is 14.8 Å². The molecule has 0 aliphatic rings. The highest BCUT2D eigenvalue weighted by molar-refractivity contribution is 7.15. The van der Waals surface area contributed by atoms with Crippen molar-refractivity contribution in [2.24, 2.45) is 0 Å². The van der Waals surface area contributed by atoms with Crippen molar-refractivity contribution >= 4 is 17.2 Å². The average Bonchev–Trinajstić information content (AvgIpc) is 3.07. The van der Waals surface area contributed by atoms with Crippen LogP contribution in [0.4, 0.5) is 0 Å². The Labute approximate surface area is 163 Å². The third-order valence-electron chi connectivity index (χ3n) is 4.20. The summed E-state index contributed by atoms with van der Waals surface area (Å²) >= 11 is 1.54. The van der Waals surface area contributed by atoms with E-state index >= 15 is 0 Å². The summed E-state index contributed by atoms with van der Waals surface area (Å²) in [6, 6.07) is 15.4. The monoisotopic (exact) mass is 382 g/mol. The summed E-state index contributed by atoms with van der Waals surface area (Å²) in [6.45, 7) is 2.37. The molecule has 0 aliphatic heterocycles. The van der Waals surface area contributed by atoms with Crippen LogP contribution in [0.15, 0.2) is 48.5 Å². The van der Waals surface area contributed by atoms with Gasteiger partial charge in [0.15, 0.2) is 0 Å². The summed E-state index contributed by atoms with van der Waals surface area (Å²) < 4.78 is 10.6. The molecular weight excluding hydrogens is 360 g/mol. The van der Waals surface area contributed by atoms with E-state index in [1.54, 1.807) is 14.2 Å². The van der Waals surface area contributed by atoms with E-state index in [0.717, 1.165) is 38.2 Å². The second-order valence-electron chi connectivity index (χ2n) is 6.02. The Morgan fingerprint density at radius 1 is 1.11 bits per heavy atom. The van der Waals surface area contributed by atoms with Crippen LogP contribution in [0, 0.1) is 6.92 Å². The molecule has 3 rings (SSSR count). The zero-order chi connectivity index (χ0) is 19.2. The zero-order valence-corrected chi connectivity index (χ0v) is 16.4. The molecule has 0 aliphatic carbocycles. The molecule has 0 atom stereocenters. The van der Waals surface area contributed by atoms with E-state index in [1.165, 1.54) is 11.3 Å². The van der Waals surface area contributed by atoms with Gasteiger partial charge in [-0.2, -0.15) is 0 Å². The van der Waals surface area contributed by atoms with Gasteiger partial charge in [-0.25, -0.2) is 4.98 Å². The van der Waals surface area contributed by atoms with Crippen molar-refractivity contribution in [3.8, 4) is 22.1 Å². The van der Waals surface area contributed by atoms with Crippen molar-refractivity contribution in [3.63, 3.8) is 0 Å². The topological polar surface area (TPSA) is 60.5 Å². The number of nitrogens with one attached hydrogen (secondary N) is 1. The lowest BCUT2D eigenvalue weighted by Crippen LogP contribution is -2.24. The van der Waals surface area contributed by atoms with Gasteiger partial charge in [0.25, 0.3) is 0 Å². The second-order valence-corrected chi connectivity index (χ2v) is 7.11. The Kier molecular flexibility index (Phi) is 6.08. The number of benzene rings is 2. The first kappa shape index (κ1) is 18.9. The Bertz CT molecular complexity index is 937. The van der Waals surface area contributed by atoms with Crippen LogP contribution in [0.3, 0.4) is 0 Å². The first-order chi connectivity index (χ1) is 13.1. The normalized spacial score (nSPS) is 10.5. The highest BCUT2D eigenvalue weighted by atomic mass is 32.1. The number of ether oxygens (including phenoxy) is 2. The van der Waals surface area contributed by atoms with Crippen LogP contribution in [0.5, 0.6) is 11.5 Å². The van der Waals surface area contributed by atoms with Crippen LogP contribution >= 0.6 is 11.3 Å². The molecule has 0 saturated heterocycles. The van der Waals surface area contributed by atoms with Gasteiger partial charge in [0, 0.05) is 22.5 Å². The van der Waals surface area contributed by atoms with Crippen molar-refractivity contribution in [2.75, 3.05) is 14.2 Å². The van der Waals surface area contributed by atoms with Crippen molar-refractivity contribution in [2.45, 2.75) is 19.9 Å². The van der Waals surface area contributed by atoms with E-state index in [4.69, 9.17) is 9.47 Å². The van der Waals surface area contributed by atoms with Crippen molar-refractivity contribution in [1.29, 1.82) is 0 Å². The summed E-state index contributed by atoms with van der Waals surface area (Å²) in [5, 5.41) is 3.84. The van der Waals surface area contributed by atoms with Crippen LogP contribution in [-0.4, -0.2) is 25.1 Å². The maximum absolute atomic E-state index is 12.4. The maximum Gasteiger partial charge on any atom is 0.225 e. The number of nitrogens with zero attached hydrogens (tertiary/aromatic N) is 1. The van der Waals surface area contributed by atoms with Crippen LogP contribution in [0.1, 0.15) is 16.1 Å². The highest BCUT2D eigenvalue weighted by Gasteiger charge is 2.14. The van der Waals surface area contributed by atoms with E-state index < -0.39 is 0 Å². The van der Waals surface area contributed by atoms with Gasteiger partial charge in [-0.1, -0.05) is 30.3 Å². The molecule has 1 amide bonds. The average molecular weight is 382 g/mol. The van der Waals surface area contributed by atoms with Crippen LogP contribution < -0.4 is 14.8 Å². The van der Waals surface area contributed by atoms with E-state index in [2.05, 4.69) is 10.3 Å². The van der Waals surface area contributed by atoms with Crippen LogP contribution in [-0.2, 0) is 17.8 Å². The third kappa shape index (κ3) is 4.65. The van der Waals surface area contributed by atoms with Gasteiger partial charge in [-0.3, -0.25) is 4.79 Å². The second kappa shape index (κ2) is 8.68. The summed E-state index contributed by atoms with van der Waals surface area (Å²) in [6.07, 6.45) is 0.308. The number of aromatic nitrogens is 1. The molecule has 0 unspecified atom stereocenters. The fourth-order valence-electron chi connectivity index (χ4n) is 2.72. The number of para-hydroxylation sites is 1. The molecule has 0 radical (unpaired) electrons. The molecule has 3 aromatic rings. The molecule has 0 spiro atoms. The number of amides is 1. The van der Waals surface area contributed by atoms with Gasteiger partial charge in [0.05, 0.1) is 26.3 Å². The Hall–Kier alpha value is -2.86. The minimum atomic E-state index is -0.0372. The number of thiazole rings is 1. The largest absolute Gasteiger partial charge is 0.497 e. The van der Waals surface area contributed by atoms with E-state index in [9.17, 15) is 4.79 Å². The third-order valence-corrected chi connectivity index (χ3v) is 5.41. The molecule has 2 aromatic carbocycles. The first-order valence-electron chi connectivity index (χ1n) is 8.60. The number of hydrogen-bond donors (Lipinski definition) is 1. The van der Waals surface area contributed by atoms with Gasteiger partial charge in [-0.05, 0) is 25.1 Å². The molecule has 0 bridgehead atoms. The van der Waals surface area contributed by atoms with E-state index in [1.807, 2.05) is 55.5 Å². The fraction of sp³-hybridized carbons (Fsp3) is 0.238. The quantitative estimate of drug-likeness (QED) is 0.671. The number of carbonyl (C=O) groups is 1. The Balaban J connectivity index is 1.67. The Morgan fingerprint density at radius 3 is 2.70 bits per heavy atom. The smallest absolute Gasteiger partial charge is 0.225 e. The summed E-state index contributed by atoms with van der Waals surface area (Å²) in [5.74, 6) is 1.52. The standard InChI is InChI=1S/C21H22N2O3S/c1-14-19(27-21(23-14)15-8-6-9-17(11-15)25-2)12-20(24)22-13-16-7-4-5-10-18(16)26-3/h4-11H,12-13H2,1-3H3,(H,22,24). The van der Waals surface area contributed by atoms with Crippen molar-refractivity contribution in [3.05, 3.63) is 64.7 Å². The molecule has 140 valence electrons. The van der Waals surface area contributed by atoms with Crippen molar-refractivity contribution < 1.29 is 14.3 Å². The van der Waals surface area contributed by atoms with Gasteiger partial charge in [0.1, 0.15) is 16.5 Å². The minimum absolute atomic E-state index is 0.0372. The summed E-state index contributed by atoms with van der Waals surface area (Å²) in [4.78, 5) is 18.0. The van der Waals surface area contributed by atoms with Gasteiger partial charge >= 0.3 is 0 Å². The van der Waals surface area contributed by atoms with E-state index in [0.29, 0.717) is 13.0 Å². The molecule has 0 fully saturated rings. The lowest BCUT2D eigenvalue weighted by Gasteiger charge is -2.09.